The molecule has 1 aliphatic rings. The van der Waals surface area contributed by atoms with Crippen LogP contribution in [0.1, 0.15) is 29.3 Å². The lowest BCUT2D eigenvalue weighted by molar-refractivity contribution is -0.119. The standard InChI is InChI=1S/C13H15N3O3/c1-7(12(14)18)15-13(19)9-2-4-10-8(6-9)3-5-11(17)16-10/h2,4,6-7H,3,5H2,1H3,(H2,14,18)(H,15,19)(H,16,17). The minimum absolute atomic E-state index is 0.0212. The van der Waals surface area contributed by atoms with E-state index in [9.17, 15) is 14.4 Å². The second-order valence-corrected chi connectivity index (χ2v) is 4.52. The highest BCUT2D eigenvalue weighted by atomic mass is 16.2. The Balaban J connectivity index is 2.16. The highest BCUT2D eigenvalue weighted by Gasteiger charge is 2.18. The van der Waals surface area contributed by atoms with Gasteiger partial charge in [0.15, 0.2) is 0 Å². The Morgan fingerprint density at radius 1 is 1.37 bits per heavy atom. The summed E-state index contributed by atoms with van der Waals surface area (Å²) in [5, 5.41) is 5.25. The van der Waals surface area contributed by atoms with Gasteiger partial charge in [-0.25, -0.2) is 0 Å². The average molecular weight is 261 g/mol. The first-order chi connectivity index (χ1) is 8.97. The molecule has 6 nitrogen and oxygen atoms in total. The summed E-state index contributed by atoms with van der Waals surface area (Å²) in [5.74, 6) is -0.961. The molecule has 1 heterocycles. The number of aryl methyl sites for hydroxylation is 1. The van der Waals surface area contributed by atoms with E-state index in [4.69, 9.17) is 5.73 Å². The number of rotatable bonds is 3. The van der Waals surface area contributed by atoms with Gasteiger partial charge in [0.2, 0.25) is 11.8 Å². The van der Waals surface area contributed by atoms with Crippen molar-refractivity contribution in [3.63, 3.8) is 0 Å². The maximum atomic E-state index is 11.9. The van der Waals surface area contributed by atoms with E-state index in [1.165, 1.54) is 6.92 Å². The largest absolute Gasteiger partial charge is 0.368 e. The molecule has 0 fully saturated rings. The first kappa shape index (κ1) is 13.1. The van der Waals surface area contributed by atoms with Crippen molar-refractivity contribution in [1.82, 2.24) is 5.32 Å². The van der Waals surface area contributed by atoms with Crippen LogP contribution in [0, 0.1) is 0 Å². The number of carbonyl (C=O) groups excluding carboxylic acids is 3. The van der Waals surface area contributed by atoms with E-state index in [1.54, 1.807) is 18.2 Å². The molecule has 2 rings (SSSR count). The van der Waals surface area contributed by atoms with Crippen molar-refractivity contribution in [3.05, 3.63) is 29.3 Å². The minimum atomic E-state index is -0.719. The summed E-state index contributed by atoms with van der Waals surface area (Å²) in [7, 11) is 0. The normalized spacial score (nSPS) is 15.1. The van der Waals surface area contributed by atoms with Crippen LogP contribution in [0.25, 0.3) is 0 Å². The van der Waals surface area contributed by atoms with Crippen molar-refractivity contribution >= 4 is 23.4 Å². The Hall–Kier alpha value is -2.37. The van der Waals surface area contributed by atoms with E-state index in [0.717, 1.165) is 11.3 Å². The lowest BCUT2D eigenvalue weighted by Gasteiger charge is -2.18. The number of nitrogens with two attached hydrogens (primary N) is 1. The average Bonchev–Trinajstić information content (AvgIpc) is 2.37. The van der Waals surface area contributed by atoms with Crippen molar-refractivity contribution in [3.8, 4) is 0 Å². The van der Waals surface area contributed by atoms with Crippen LogP contribution in [0.4, 0.5) is 5.69 Å². The number of fused-ring (bicyclic) bond motifs is 1. The number of hydrogen-bond acceptors (Lipinski definition) is 3. The number of nitrogens with one attached hydrogen (secondary N) is 2. The Morgan fingerprint density at radius 3 is 2.79 bits per heavy atom. The van der Waals surface area contributed by atoms with Crippen LogP contribution in [0.2, 0.25) is 0 Å². The molecule has 1 unspecified atom stereocenters. The molecule has 1 atom stereocenters. The zero-order chi connectivity index (χ0) is 14.0. The number of benzene rings is 1. The van der Waals surface area contributed by atoms with Gasteiger partial charge in [0.1, 0.15) is 6.04 Å². The molecule has 0 radical (unpaired) electrons. The molecule has 1 aromatic rings. The molecule has 0 bridgehead atoms. The fraction of sp³-hybridized carbons (Fsp3) is 0.308. The smallest absolute Gasteiger partial charge is 0.251 e. The second-order valence-electron chi connectivity index (χ2n) is 4.52. The molecule has 19 heavy (non-hydrogen) atoms. The van der Waals surface area contributed by atoms with Gasteiger partial charge in [-0.05, 0) is 37.1 Å². The van der Waals surface area contributed by atoms with E-state index in [2.05, 4.69) is 10.6 Å². The van der Waals surface area contributed by atoms with E-state index in [1.807, 2.05) is 0 Å². The lowest BCUT2D eigenvalue weighted by Crippen LogP contribution is -2.42. The van der Waals surface area contributed by atoms with Gasteiger partial charge in [-0.15, -0.1) is 0 Å². The number of amides is 3. The van der Waals surface area contributed by atoms with Gasteiger partial charge in [0.05, 0.1) is 0 Å². The summed E-state index contributed by atoms with van der Waals surface area (Å²) in [6, 6.07) is 4.30. The molecule has 0 saturated carbocycles. The van der Waals surface area contributed by atoms with Crippen LogP contribution in [-0.2, 0) is 16.0 Å². The summed E-state index contributed by atoms with van der Waals surface area (Å²) in [6.07, 6.45) is 1.02. The van der Waals surface area contributed by atoms with E-state index in [-0.39, 0.29) is 11.8 Å². The fourth-order valence-electron chi connectivity index (χ4n) is 1.88. The van der Waals surface area contributed by atoms with Crippen molar-refractivity contribution < 1.29 is 14.4 Å². The topological polar surface area (TPSA) is 101 Å². The quantitative estimate of drug-likeness (QED) is 0.723. The Morgan fingerprint density at radius 2 is 2.11 bits per heavy atom. The molecule has 1 aromatic carbocycles. The van der Waals surface area contributed by atoms with Gasteiger partial charge in [-0.1, -0.05) is 0 Å². The van der Waals surface area contributed by atoms with E-state index < -0.39 is 11.9 Å². The fourth-order valence-corrected chi connectivity index (χ4v) is 1.88. The molecular formula is C13H15N3O3. The van der Waals surface area contributed by atoms with Gasteiger partial charge < -0.3 is 16.4 Å². The number of primary amides is 1. The molecule has 0 aromatic heterocycles. The number of carbonyl (C=O) groups is 3. The van der Waals surface area contributed by atoms with Gasteiger partial charge in [-0.2, -0.15) is 0 Å². The first-order valence-corrected chi connectivity index (χ1v) is 6.00. The summed E-state index contributed by atoms with van der Waals surface area (Å²) in [5.41, 5.74) is 7.18. The van der Waals surface area contributed by atoms with Crippen molar-refractivity contribution in [1.29, 1.82) is 0 Å². The zero-order valence-corrected chi connectivity index (χ0v) is 10.5. The van der Waals surface area contributed by atoms with Crippen molar-refractivity contribution in [2.24, 2.45) is 5.73 Å². The van der Waals surface area contributed by atoms with Crippen LogP contribution < -0.4 is 16.4 Å². The van der Waals surface area contributed by atoms with Crippen molar-refractivity contribution in [2.75, 3.05) is 5.32 Å². The van der Waals surface area contributed by atoms with Gasteiger partial charge in [0, 0.05) is 17.7 Å². The van der Waals surface area contributed by atoms with Crippen LogP contribution in [0.15, 0.2) is 18.2 Å². The first-order valence-electron chi connectivity index (χ1n) is 6.00. The van der Waals surface area contributed by atoms with Crippen LogP contribution in [0.5, 0.6) is 0 Å². The van der Waals surface area contributed by atoms with Crippen LogP contribution in [0.3, 0.4) is 0 Å². The molecule has 6 heteroatoms. The Bertz CT molecular complexity index is 554. The predicted molar refractivity (Wildman–Crippen MR) is 69.5 cm³/mol. The summed E-state index contributed by atoms with van der Waals surface area (Å²) >= 11 is 0. The summed E-state index contributed by atoms with van der Waals surface area (Å²) in [6.45, 7) is 1.53. The predicted octanol–water partition coefficient (Wildman–Crippen LogP) is 0.175. The van der Waals surface area contributed by atoms with E-state index in [0.29, 0.717) is 18.4 Å². The van der Waals surface area contributed by atoms with E-state index >= 15 is 0 Å². The maximum absolute atomic E-state index is 11.9. The second kappa shape index (κ2) is 5.09. The minimum Gasteiger partial charge on any atom is -0.368 e. The molecule has 3 amide bonds. The van der Waals surface area contributed by atoms with Crippen LogP contribution in [-0.4, -0.2) is 23.8 Å². The molecule has 0 saturated heterocycles. The molecule has 1 aliphatic heterocycles. The van der Waals surface area contributed by atoms with Crippen molar-refractivity contribution in [2.45, 2.75) is 25.8 Å². The molecule has 0 spiro atoms. The number of anilines is 1. The Kier molecular flexibility index (Phi) is 3.50. The molecular weight excluding hydrogens is 246 g/mol. The third-order valence-corrected chi connectivity index (χ3v) is 3.04. The third kappa shape index (κ3) is 2.90. The van der Waals surface area contributed by atoms with Gasteiger partial charge in [-0.3, -0.25) is 14.4 Å². The van der Waals surface area contributed by atoms with Crippen LogP contribution >= 0.6 is 0 Å². The van der Waals surface area contributed by atoms with Gasteiger partial charge >= 0.3 is 0 Å². The summed E-state index contributed by atoms with van der Waals surface area (Å²) in [4.78, 5) is 34.0. The maximum Gasteiger partial charge on any atom is 0.251 e. The SMILES string of the molecule is CC(NC(=O)c1ccc2c(c1)CCC(=O)N2)C(N)=O. The lowest BCUT2D eigenvalue weighted by atomic mass is 10.00. The highest BCUT2D eigenvalue weighted by molar-refractivity contribution is 5.99. The van der Waals surface area contributed by atoms with Gasteiger partial charge in [0.25, 0.3) is 5.91 Å². The summed E-state index contributed by atoms with van der Waals surface area (Å²) < 4.78 is 0. The Labute approximate surface area is 110 Å². The number of hydrogen-bond donors (Lipinski definition) is 3. The molecule has 0 aliphatic carbocycles. The third-order valence-electron chi connectivity index (χ3n) is 3.04. The highest BCUT2D eigenvalue weighted by Crippen LogP contribution is 2.23. The molecule has 100 valence electrons. The molecule has 4 N–H and O–H groups in total. The zero-order valence-electron chi connectivity index (χ0n) is 10.5. The monoisotopic (exact) mass is 261 g/mol.